The SMILES string of the molecule is CC1CCC(CNC(C)c2ccccn2)CC1. The van der Waals surface area contributed by atoms with Gasteiger partial charge in [0.15, 0.2) is 0 Å². The van der Waals surface area contributed by atoms with E-state index in [0.717, 1.165) is 24.1 Å². The molecule has 0 bridgehead atoms. The molecule has 2 nitrogen and oxygen atoms in total. The van der Waals surface area contributed by atoms with Crippen molar-refractivity contribution in [3.8, 4) is 0 Å². The van der Waals surface area contributed by atoms with Gasteiger partial charge in [-0.1, -0.05) is 25.8 Å². The zero-order chi connectivity index (χ0) is 12.1. The van der Waals surface area contributed by atoms with E-state index < -0.39 is 0 Å². The molecule has 0 spiro atoms. The van der Waals surface area contributed by atoms with Crippen LogP contribution in [0.15, 0.2) is 24.4 Å². The summed E-state index contributed by atoms with van der Waals surface area (Å²) >= 11 is 0. The molecule has 0 amide bonds. The fourth-order valence-corrected chi connectivity index (χ4v) is 2.61. The molecule has 1 aromatic heterocycles. The third-order valence-electron chi connectivity index (χ3n) is 3.98. The maximum Gasteiger partial charge on any atom is 0.0570 e. The Balaban J connectivity index is 1.75. The normalized spacial score (nSPS) is 26.7. The largest absolute Gasteiger partial charge is 0.309 e. The molecule has 1 fully saturated rings. The summed E-state index contributed by atoms with van der Waals surface area (Å²) < 4.78 is 0. The van der Waals surface area contributed by atoms with Gasteiger partial charge >= 0.3 is 0 Å². The van der Waals surface area contributed by atoms with Gasteiger partial charge in [0.25, 0.3) is 0 Å². The van der Waals surface area contributed by atoms with Crippen LogP contribution in [-0.4, -0.2) is 11.5 Å². The van der Waals surface area contributed by atoms with Crippen molar-refractivity contribution in [1.29, 1.82) is 0 Å². The molecule has 0 radical (unpaired) electrons. The van der Waals surface area contributed by atoms with Crippen molar-refractivity contribution >= 4 is 0 Å². The fourth-order valence-electron chi connectivity index (χ4n) is 2.61. The van der Waals surface area contributed by atoms with Crippen molar-refractivity contribution in [2.75, 3.05) is 6.54 Å². The van der Waals surface area contributed by atoms with Crippen molar-refractivity contribution in [2.24, 2.45) is 11.8 Å². The van der Waals surface area contributed by atoms with Crippen molar-refractivity contribution in [3.05, 3.63) is 30.1 Å². The van der Waals surface area contributed by atoms with Gasteiger partial charge in [-0.05, 0) is 50.3 Å². The monoisotopic (exact) mass is 232 g/mol. The maximum absolute atomic E-state index is 4.39. The lowest BCUT2D eigenvalue weighted by atomic mass is 9.83. The molecule has 1 unspecified atom stereocenters. The molecule has 1 aromatic rings. The van der Waals surface area contributed by atoms with Crippen LogP contribution in [0, 0.1) is 11.8 Å². The van der Waals surface area contributed by atoms with Crippen LogP contribution in [0.1, 0.15) is 51.3 Å². The Hall–Kier alpha value is -0.890. The topological polar surface area (TPSA) is 24.9 Å². The highest BCUT2D eigenvalue weighted by Gasteiger charge is 2.18. The maximum atomic E-state index is 4.39. The molecule has 17 heavy (non-hydrogen) atoms. The predicted octanol–water partition coefficient (Wildman–Crippen LogP) is 3.56. The average molecular weight is 232 g/mol. The van der Waals surface area contributed by atoms with Gasteiger partial charge < -0.3 is 5.32 Å². The fraction of sp³-hybridized carbons (Fsp3) is 0.667. The summed E-state index contributed by atoms with van der Waals surface area (Å²) in [6, 6.07) is 6.50. The Morgan fingerprint density at radius 1 is 1.29 bits per heavy atom. The highest BCUT2D eigenvalue weighted by Crippen LogP contribution is 2.28. The molecule has 1 aliphatic rings. The molecular formula is C15H24N2. The van der Waals surface area contributed by atoms with Gasteiger partial charge in [0.2, 0.25) is 0 Å². The Morgan fingerprint density at radius 2 is 2.06 bits per heavy atom. The molecule has 1 aliphatic carbocycles. The van der Waals surface area contributed by atoms with E-state index >= 15 is 0 Å². The van der Waals surface area contributed by atoms with Crippen LogP contribution in [-0.2, 0) is 0 Å². The molecule has 1 atom stereocenters. The molecule has 1 N–H and O–H groups in total. The summed E-state index contributed by atoms with van der Waals surface area (Å²) in [5.41, 5.74) is 1.15. The minimum Gasteiger partial charge on any atom is -0.309 e. The number of aromatic nitrogens is 1. The smallest absolute Gasteiger partial charge is 0.0570 e. The molecule has 2 rings (SSSR count). The first-order chi connectivity index (χ1) is 8.25. The molecule has 1 heterocycles. The van der Waals surface area contributed by atoms with Gasteiger partial charge in [0, 0.05) is 12.2 Å². The minimum atomic E-state index is 0.371. The molecule has 2 heteroatoms. The van der Waals surface area contributed by atoms with E-state index in [1.165, 1.54) is 25.7 Å². The quantitative estimate of drug-likeness (QED) is 0.858. The number of hydrogen-bond donors (Lipinski definition) is 1. The van der Waals surface area contributed by atoms with Gasteiger partial charge in [-0.2, -0.15) is 0 Å². The van der Waals surface area contributed by atoms with Crippen molar-refractivity contribution < 1.29 is 0 Å². The van der Waals surface area contributed by atoms with Crippen LogP contribution in [0.3, 0.4) is 0 Å². The average Bonchev–Trinajstić information content (AvgIpc) is 2.39. The first kappa shape index (κ1) is 12.6. The molecular weight excluding hydrogens is 208 g/mol. The molecule has 0 aliphatic heterocycles. The zero-order valence-corrected chi connectivity index (χ0v) is 11.0. The number of nitrogens with one attached hydrogen (secondary N) is 1. The van der Waals surface area contributed by atoms with Gasteiger partial charge in [-0.25, -0.2) is 0 Å². The minimum absolute atomic E-state index is 0.371. The number of hydrogen-bond acceptors (Lipinski definition) is 2. The van der Waals surface area contributed by atoms with E-state index in [0.29, 0.717) is 6.04 Å². The summed E-state index contributed by atoms with van der Waals surface area (Å²) in [5, 5.41) is 3.62. The number of rotatable bonds is 4. The number of nitrogens with zero attached hydrogens (tertiary/aromatic N) is 1. The Kier molecular flexibility index (Phi) is 4.55. The molecule has 1 saturated carbocycles. The second-order valence-corrected chi connectivity index (χ2v) is 5.51. The van der Waals surface area contributed by atoms with Crippen molar-refractivity contribution in [2.45, 2.75) is 45.6 Å². The Labute approximate surface area is 105 Å². The van der Waals surface area contributed by atoms with Crippen LogP contribution in [0.4, 0.5) is 0 Å². The third-order valence-corrected chi connectivity index (χ3v) is 3.98. The molecule has 94 valence electrons. The van der Waals surface area contributed by atoms with Gasteiger partial charge in [0.05, 0.1) is 5.69 Å². The lowest BCUT2D eigenvalue weighted by molar-refractivity contribution is 0.275. The Morgan fingerprint density at radius 3 is 2.71 bits per heavy atom. The van der Waals surface area contributed by atoms with Crippen molar-refractivity contribution in [3.63, 3.8) is 0 Å². The second kappa shape index (κ2) is 6.15. The predicted molar refractivity (Wildman–Crippen MR) is 71.8 cm³/mol. The third kappa shape index (κ3) is 3.81. The molecule has 0 aromatic carbocycles. The van der Waals surface area contributed by atoms with Crippen LogP contribution >= 0.6 is 0 Å². The van der Waals surface area contributed by atoms with Gasteiger partial charge in [-0.3, -0.25) is 4.98 Å². The molecule has 0 saturated heterocycles. The Bertz CT molecular complexity index is 315. The summed E-state index contributed by atoms with van der Waals surface area (Å²) in [6.45, 7) is 5.72. The zero-order valence-electron chi connectivity index (χ0n) is 11.0. The van der Waals surface area contributed by atoms with E-state index in [4.69, 9.17) is 0 Å². The standard InChI is InChI=1S/C15H24N2/c1-12-6-8-14(9-7-12)11-17-13(2)15-5-3-4-10-16-15/h3-5,10,12-14,17H,6-9,11H2,1-2H3. The summed E-state index contributed by atoms with van der Waals surface area (Å²) in [5.74, 6) is 1.82. The lowest BCUT2D eigenvalue weighted by Crippen LogP contribution is -2.28. The van der Waals surface area contributed by atoms with E-state index in [1.807, 2.05) is 12.3 Å². The van der Waals surface area contributed by atoms with Crippen LogP contribution in [0.5, 0.6) is 0 Å². The van der Waals surface area contributed by atoms with Gasteiger partial charge in [-0.15, -0.1) is 0 Å². The summed E-state index contributed by atoms with van der Waals surface area (Å²) in [6.07, 6.45) is 7.47. The van der Waals surface area contributed by atoms with E-state index in [2.05, 4.69) is 36.3 Å². The van der Waals surface area contributed by atoms with E-state index in [1.54, 1.807) is 0 Å². The highest BCUT2D eigenvalue weighted by atomic mass is 14.9. The number of pyridine rings is 1. The first-order valence-corrected chi connectivity index (χ1v) is 6.90. The lowest BCUT2D eigenvalue weighted by Gasteiger charge is -2.27. The highest BCUT2D eigenvalue weighted by molar-refractivity contribution is 5.07. The van der Waals surface area contributed by atoms with Crippen LogP contribution < -0.4 is 5.32 Å². The van der Waals surface area contributed by atoms with Crippen LogP contribution in [0.25, 0.3) is 0 Å². The second-order valence-electron chi connectivity index (χ2n) is 5.51. The summed E-state index contributed by atoms with van der Waals surface area (Å²) in [4.78, 5) is 4.39. The van der Waals surface area contributed by atoms with E-state index in [9.17, 15) is 0 Å². The van der Waals surface area contributed by atoms with Crippen molar-refractivity contribution in [1.82, 2.24) is 10.3 Å². The van der Waals surface area contributed by atoms with E-state index in [-0.39, 0.29) is 0 Å². The first-order valence-electron chi connectivity index (χ1n) is 6.90. The van der Waals surface area contributed by atoms with Gasteiger partial charge in [0.1, 0.15) is 0 Å². The summed E-state index contributed by atoms with van der Waals surface area (Å²) in [7, 11) is 0. The van der Waals surface area contributed by atoms with Crippen LogP contribution in [0.2, 0.25) is 0 Å².